The molecule has 0 radical (unpaired) electrons. The van der Waals surface area contributed by atoms with Crippen LogP contribution in [0.1, 0.15) is 50.2 Å². The number of halogens is 3. The van der Waals surface area contributed by atoms with Gasteiger partial charge in [0.25, 0.3) is 0 Å². The van der Waals surface area contributed by atoms with Crippen molar-refractivity contribution in [1.82, 2.24) is 0 Å². The molecular formula is C16H23F3N2. The van der Waals surface area contributed by atoms with Crippen molar-refractivity contribution in [2.45, 2.75) is 57.8 Å². The zero-order valence-corrected chi connectivity index (χ0v) is 12.4. The average Bonchev–Trinajstić information content (AvgIpc) is 2.48. The summed E-state index contributed by atoms with van der Waals surface area (Å²) in [7, 11) is 0. The maximum absolute atomic E-state index is 12.8. The molecule has 2 rings (SSSR count). The van der Waals surface area contributed by atoms with Crippen molar-refractivity contribution in [3.63, 3.8) is 0 Å². The van der Waals surface area contributed by atoms with Gasteiger partial charge in [0.15, 0.2) is 0 Å². The van der Waals surface area contributed by atoms with Gasteiger partial charge in [0.1, 0.15) is 0 Å². The Labute approximate surface area is 124 Å². The van der Waals surface area contributed by atoms with E-state index in [1.807, 2.05) is 6.92 Å². The van der Waals surface area contributed by atoms with Crippen LogP contribution in [0.2, 0.25) is 0 Å². The molecule has 5 heteroatoms. The van der Waals surface area contributed by atoms with Gasteiger partial charge in [-0.25, -0.2) is 0 Å². The highest BCUT2D eigenvalue weighted by Gasteiger charge is 2.31. The molecule has 0 aliphatic heterocycles. The van der Waals surface area contributed by atoms with Gasteiger partial charge < -0.3 is 10.6 Å². The molecule has 0 heterocycles. The van der Waals surface area contributed by atoms with E-state index in [0.717, 1.165) is 25.1 Å². The Bertz CT molecular complexity index is 465. The predicted octanol–water partition coefficient (Wildman–Crippen LogP) is 4.32. The van der Waals surface area contributed by atoms with Gasteiger partial charge in [0.2, 0.25) is 0 Å². The maximum atomic E-state index is 12.8. The fraction of sp³-hybridized carbons (Fsp3) is 0.625. The van der Waals surface area contributed by atoms with Crippen LogP contribution in [0.5, 0.6) is 0 Å². The Hall–Kier alpha value is -1.23. The molecule has 0 atom stereocenters. The van der Waals surface area contributed by atoms with Crippen LogP contribution in [-0.4, -0.2) is 12.6 Å². The Morgan fingerprint density at radius 3 is 2.38 bits per heavy atom. The molecule has 21 heavy (non-hydrogen) atoms. The van der Waals surface area contributed by atoms with E-state index in [1.54, 1.807) is 6.07 Å². The summed E-state index contributed by atoms with van der Waals surface area (Å²) in [5.74, 6) is 0. The SMILES string of the molecule is CCN(c1ccc(C(F)(F)F)cc1CN)C1CCCCC1. The van der Waals surface area contributed by atoms with Gasteiger partial charge in [-0.2, -0.15) is 13.2 Å². The molecule has 118 valence electrons. The van der Waals surface area contributed by atoms with Gasteiger partial charge in [-0.15, -0.1) is 0 Å². The summed E-state index contributed by atoms with van der Waals surface area (Å²) >= 11 is 0. The number of rotatable bonds is 4. The number of hydrogen-bond donors (Lipinski definition) is 1. The van der Waals surface area contributed by atoms with Crippen LogP contribution in [0.3, 0.4) is 0 Å². The van der Waals surface area contributed by atoms with Crippen molar-refractivity contribution < 1.29 is 13.2 Å². The largest absolute Gasteiger partial charge is 0.416 e. The molecular weight excluding hydrogens is 277 g/mol. The number of nitrogens with two attached hydrogens (primary N) is 1. The van der Waals surface area contributed by atoms with E-state index >= 15 is 0 Å². The fourth-order valence-electron chi connectivity index (χ4n) is 3.22. The molecule has 1 aliphatic carbocycles. The summed E-state index contributed by atoms with van der Waals surface area (Å²) in [6.45, 7) is 2.97. The van der Waals surface area contributed by atoms with E-state index in [4.69, 9.17) is 5.73 Å². The summed E-state index contributed by atoms with van der Waals surface area (Å²) in [5, 5.41) is 0. The van der Waals surface area contributed by atoms with Gasteiger partial charge in [0, 0.05) is 24.8 Å². The first-order chi connectivity index (χ1) is 9.97. The summed E-state index contributed by atoms with van der Waals surface area (Å²) in [6, 6.07) is 4.37. The van der Waals surface area contributed by atoms with Crippen molar-refractivity contribution in [2.24, 2.45) is 5.73 Å². The van der Waals surface area contributed by atoms with E-state index in [1.165, 1.54) is 31.4 Å². The molecule has 1 fully saturated rings. The van der Waals surface area contributed by atoms with Crippen molar-refractivity contribution in [3.8, 4) is 0 Å². The monoisotopic (exact) mass is 300 g/mol. The molecule has 2 N–H and O–H groups in total. The summed E-state index contributed by atoms with van der Waals surface area (Å²) in [6.07, 6.45) is 1.55. The van der Waals surface area contributed by atoms with Gasteiger partial charge >= 0.3 is 6.18 Å². The van der Waals surface area contributed by atoms with Crippen LogP contribution < -0.4 is 10.6 Å². The Balaban J connectivity index is 2.32. The Morgan fingerprint density at radius 2 is 1.86 bits per heavy atom. The van der Waals surface area contributed by atoms with Gasteiger partial charge in [-0.05, 0) is 43.5 Å². The minimum absolute atomic E-state index is 0.127. The first-order valence-corrected chi connectivity index (χ1v) is 7.64. The van der Waals surface area contributed by atoms with Crippen LogP contribution in [0, 0.1) is 0 Å². The summed E-state index contributed by atoms with van der Waals surface area (Å²) in [4.78, 5) is 2.22. The second kappa shape index (κ2) is 6.69. The molecule has 1 aliphatic rings. The standard InChI is InChI=1S/C16H23F3N2/c1-2-21(14-6-4-3-5-7-14)15-9-8-13(16(17,18)19)10-12(15)11-20/h8-10,14H,2-7,11,20H2,1H3. The third-order valence-corrected chi connectivity index (χ3v) is 4.29. The highest BCUT2D eigenvalue weighted by Crippen LogP contribution is 2.35. The van der Waals surface area contributed by atoms with Crippen molar-refractivity contribution in [2.75, 3.05) is 11.4 Å². The quantitative estimate of drug-likeness (QED) is 0.897. The fourth-order valence-corrected chi connectivity index (χ4v) is 3.22. The first kappa shape index (κ1) is 16.1. The van der Waals surface area contributed by atoms with Crippen LogP contribution in [0.25, 0.3) is 0 Å². The number of benzene rings is 1. The molecule has 0 amide bonds. The molecule has 0 spiro atoms. The number of alkyl halides is 3. The van der Waals surface area contributed by atoms with Crippen LogP contribution >= 0.6 is 0 Å². The lowest BCUT2D eigenvalue weighted by Gasteiger charge is -2.36. The Kier molecular flexibility index (Phi) is 5.14. The molecule has 0 bridgehead atoms. The lowest BCUT2D eigenvalue weighted by Crippen LogP contribution is -2.37. The van der Waals surface area contributed by atoms with E-state index in [-0.39, 0.29) is 6.54 Å². The molecule has 0 unspecified atom stereocenters. The van der Waals surface area contributed by atoms with Crippen LogP contribution in [0.4, 0.5) is 18.9 Å². The van der Waals surface area contributed by atoms with E-state index in [0.29, 0.717) is 11.6 Å². The van der Waals surface area contributed by atoms with Crippen LogP contribution in [0.15, 0.2) is 18.2 Å². The minimum Gasteiger partial charge on any atom is -0.369 e. The topological polar surface area (TPSA) is 29.3 Å². The Morgan fingerprint density at radius 1 is 1.19 bits per heavy atom. The molecule has 1 aromatic carbocycles. The van der Waals surface area contributed by atoms with Crippen molar-refractivity contribution in [3.05, 3.63) is 29.3 Å². The third-order valence-electron chi connectivity index (χ3n) is 4.29. The van der Waals surface area contributed by atoms with E-state index in [9.17, 15) is 13.2 Å². The average molecular weight is 300 g/mol. The molecule has 2 nitrogen and oxygen atoms in total. The zero-order chi connectivity index (χ0) is 15.5. The van der Waals surface area contributed by atoms with E-state index in [2.05, 4.69) is 4.90 Å². The van der Waals surface area contributed by atoms with Crippen LogP contribution in [-0.2, 0) is 12.7 Å². The molecule has 1 aromatic rings. The molecule has 1 saturated carbocycles. The first-order valence-electron chi connectivity index (χ1n) is 7.64. The van der Waals surface area contributed by atoms with Crippen molar-refractivity contribution in [1.29, 1.82) is 0 Å². The lowest BCUT2D eigenvalue weighted by molar-refractivity contribution is -0.137. The zero-order valence-electron chi connectivity index (χ0n) is 12.4. The molecule has 0 aromatic heterocycles. The second-order valence-electron chi connectivity index (χ2n) is 5.62. The predicted molar refractivity (Wildman–Crippen MR) is 79.2 cm³/mol. The van der Waals surface area contributed by atoms with Gasteiger partial charge in [-0.1, -0.05) is 19.3 Å². The third kappa shape index (κ3) is 3.70. The maximum Gasteiger partial charge on any atom is 0.416 e. The normalized spacial score (nSPS) is 17.0. The van der Waals surface area contributed by atoms with Crippen molar-refractivity contribution >= 4 is 5.69 Å². The highest BCUT2D eigenvalue weighted by molar-refractivity contribution is 5.56. The van der Waals surface area contributed by atoms with Gasteiger partial charge in [-0.3, -0.25) is 0 Å². The number of anilines is 1. The molecule has 0 saturated heterocycles. The number of nitrogens with zero attached hydrogens (tertiary/aromatic N) is 1. The second-order valence-corrected chi connectivity index (χ2v) is 5.62. The van der Waals surface area contributed by atoms with E-state index < -0.39 is 11.7 Å². The smallest absolute Gasteiger partial charge is 0.369 e. The summed E-state index contributed by atoms with van der Waals surface area (Å²) < 4.78 is 38.5. The summed E-state index contributed by atoms with van der Waals surface area (Å²) in [5.41, 5.74) is 6.51. The number of hydrogen-bond acceptors (Lipinski definition) is 2. The minimum atomic E-state index is -4.32. The lowest BCUT2D eigenvalue weighted by atomic mass is 9.93. The van der Waals surface area contributed by atoms with Gasteiger partial charge in [0.05, 0.1) is 5.56 Å². The highest BCUT2D eigenvalue weighted by atomic mass is 19.4.